The fraction of sp³-hybridized carbons (Fsp3) is 0.714. The molecule has 2 heteroatoms. The van der Waals surface area contributed by atoms with Crippen LogP contribution in [0, 0.1) is 5.41 Å². The highest BCUT2D eigenvalue weighted by Crippen LogP contribution is 2.49. The monoisotopic (exact) mass is 218 g/mol. The second-order valence-corrected chi connectivity index (χ2v) is 5.95. The first kappa shape index (κ1) is 10.2. The Kier molecular flexibility index (Phi) is 2.10. The molecule has 1 atom stereocenters. The highest BCUT2D eigenvalue weighted by Gasteiger charge is 2.47. The van der Waals surface area contributed by atoms with Gasteiger partial charge in [0.2, 0.25) is 0 Å². The van der Waals surface area contributed by atoms with Gasteiger partial charge in [0.1, 0.15) is 5.82 Å². The number of aryl methyl sites for hydroxylation is 1. The van der Waals surface area contributed by atoms with Gasteiger partial charge in [-0.1, -0.05) is 6.92 Å². The van der Waals surface area contributed by atoms with E-state index in [1.165, 1.54) is 31.5 Å². The van der Waals surface area contributed by atoms with Crippen LogP contribution in [0.1, 0.15) is 39.5 Å². The third kappa shape index (κ3) is 1.25. The minimum absolute atomic E-state index is 0.541. The van der Waals surface area contributed by atoms with Crippen molar-refractivity contribution in [2.75, 3.05) is 4.90 Å². The Bertz CT molecular complexity index is 385. The molecule has 0 radical (unpaired) electrons. The standard InChI is InChI=1S/C14H22N2/c1-11-14(2)8-6-12(7-9-14)16(11)13-5-4-10-15(13)3/h4-5,10-12H,6-9H2,1-3H3/t11-,12?,14?/m0/s1. The van der Waals surface area contributed by atoms with Crippen molar-refractivity contribution in [2.45, 2.75) is 51.6 Å². The van der Waals surface area contributed by atoms with Crippen LogP contribution in [0.4, 0.5) is 5.82 Å². The second kappa shape index (κ2) is 3.28. The molecule has 88 valence electrons. The fourth-order valence-electron chi connectivity index (χ4n) is 3.72. The molecular formula is C14H22N2. The van der Waals surface area contributed by atoms with Crippen molar-refractivity contribution in [3.05, 3.63) is 18.3 Å². The van der Waals surface area contributed by atoms with Crippen LogP contribution in [-0.2, 0) is 7.05 Å². The predicted octanol–water partition coefficient (Wildman–Crippen LogP) is 3.18. The Hall–Kier alpha value is -0.920. The van der Waals surface area contributed by atoms with E-state index < -0.39 is 0 Å². The first-order chi connectivity index (χ1) is 7.62. The zero-order valence-corrected chi connectivity index (χ0v) is 10.6. The molecule has 0 spiro atoms. The van der Waals surface area contributed by atoms with E-state index >= 15 is 0 Å². The average Bonchev–Trinajstić information content (AvgIpc) is 2.67. The number of fused-ring (bicyclic) bond motifs is 3. The molecule has 3 aliphatic rings. The first-order valence-corrected chi connectivity index (χ1v) is 6.51. The minimum atomic E-state index is 0.541. The van der Waals surface area contributed by atoms with Gasteiger partial charge in [0, 0.05) is 25.3 Å². The van der Waals surface area contributed by atoms with E-state index in [1.807, 2.05) is 0 Å². The van der Waals surface area contributed by atoms with E-state index in [1.54, 1.807) is 0 Å². The quantitative estimate of drug-likeness (QED) is 0.703. The number of anilines is 1. The van der Waals surface area contributed by atoms with Gasteiger partial charge < -0.3 is 9.47 Å². The summed E-state index contributed by atoms with van der Waals surface area (Å²) in [5, 5.41) is 0. The summed E-state index contributed by atoms with van der Waals surface area (Å²) in [7, 11) is 2.16. The largest absolute Gasteiger partial charge is 0.352 e. The molecule has 1 aromatic rings. The van der Waals surface area contributed by atoms with Crippen molar-refractivity contribution >= 4 is 5.82 Å². The lowest BCUT2D eigenvalue weighted by molar-refractivity contribution is 0.0954. The van der Waals surface area contributed by atoms with Crippen molar-refractivity contribution in [3.63, 3.8) is 0 Å². The second-order valence-electron chi connectivity index (χ2n) is 5.95. The van der Waals surface area contributed by atoms with Crippen LogP contribution >= 0.6 is 0 Å². The highest BCUT2D eigenvalue weighted by molar-refractivity contribution is 5.45. The summed E-state index contributed by atoms with van der Waals surface area (Å²) in [6.07, 6.45) is 7.75. The Morgan fingerprint density at radius 2 is 2.00 bits per heavy atom. The van der Waals surface area contributed by atoms with Crippen molar-refractivity contribution in [3.8, 4) is 0 Å². The van der Waals surface area contributed by atoms with Gasteiger partial charge in [-0.2, -0.15) is 0 Å². The van der Waals surface area contributed by atoms with E-state index in [0.29, 0.717) is 11.5 Å². The molecule has 1 aliphatic carbocycles. The SMILES string of the molecule is C[C@@H]1N(c2cccn2C)C2CCC1(C)CC2. The van der Waals surface area contributed by atoms with Gasteiger partial charge in [-0.3, -0.25) is 0 Å². The molecule has 4 rings (SSSR count). The molecule has 2 aliphatic heterocycles. The maximum atomic E-state index is 2.67. The summed E-state index contributed by atoms with van der Waals surface area (Å²) in [6, 6.07) is 5.90. The van der Waals surface area contributed by atoms with Gasteiger partial charge in [0.05, 0.1) is 0 Å². The molecule has 2 nitrogen and oxygen atoms in total. The normalized spacial score (nSPS) is 38.1. The third-order valence-electron chi connectivity index (χ3n) is 5.10. The summed E-state index contributed by atoms with van der Waals surface area (Å²) in [5.41, 5.74) is 0.541. The Balaban J connectivity index is 1.99. The number of piperidine rings is 2. The average molecular weight is 218 g/mol. The minimum Gasteiger partial charge on any atom is -0.352 e. The third-order valence-corrected chi connectivity index (χ3v) is 5.10. The van der Waals surface area contributed by atoms with Gasteiger partial charge in [-0.25, -0.2) is 0 Å². The number of nitrogens with zero attached hydrogens (tertiary/aromatic N) is 2. The van der Waals surface area contributed by atoms with Gasteiger partial charge >= 0.3 is 0 Å². The molecule has 0 amide bonds. The molecule has 1 aromatic heterocycles. The van der Waals surface area contributed by atoms with Crippen molar-refractivity contribution < 1.29 is 0 Å². The molecule has 0 N–H and O–H groups in total. The lowest BCUT2D eigenvalue weighted by Gasteiger charge is -2.57. The van der Waals surface area contributed by atoms with Gasteiger partial charge in [-0.15, -0.1) is 0 Å². The smallest absolute Gasteiger partial charge is 0.108 e. The highest BCUT2D eigenvalue weighted by atomic mass is 15.3. The van der Waals surface area contributed by atoms with Crippen LogP contribution < -0.4 is 4.90 Å². The first-order valence-electron chi connectivity index (χ1n) is 6.51. The van der Waals surface area contributed by atoms with Crippen LogP contribution in [-0.4, -0.2) is 16.7 Å². The van der Waals surface area contributed by atoms with Crippen LogP contribution in [0.15, 0.2) is 18.3 Å². The lowest BCUT2D eigenvalue weighted by Crippen LogP contribution is -2.59. The molecule has 2 saturated heterocycles. The Morgan fingerprint density at radius 3 is 2.56 bits per heavy atom. The maximum absolute atomic E-state index is 2.67. The van der Waals surface area contributed by atoms with E-state index in [4.69, 9.17) is 0 Å². The van der Waals surface area contributed by atoms with Gasteiger partial charge in [0.15, 0.2) is 0 Å². The van der Waals surface area contributed by atoms with Crippen LogP contribution in [0.3, 0.4) is 0 Å². The molecule has 3 fully saturated rings. The molecule has 0 aromatic carbocycles. The molecule has 0 unspecified atom stereocenters. The lowest BCUT2D eigenvalue weighted by atomic mass is 9.64. The van der Waals surface area contributed by atoms with E-state index in [-0.39, 0.29) is 0 Å². The van der Waals surface area contributed by atoms with E-state index in [9.17, 15) is 0 Å². The Morgan fingerprint density at radius 1 is 1.31 bits per heavy atom. The van der Waals surface area contributed by atoms with Gasteiger partial charge in [0.25, 0.3) is 0 Å². The van der Waals surface area contributed by atoms with Crippen LogP contribution in [0.25, 0.3) is 0 Å². The van der Waals surface area contributed by atoms with Crippen LogP contribution in [0.2, 0.25) is 0 Å². The summed E-state index contributed by atoms with van der Waals surface area (Å²) in [5.74, 6) is 1.41. The molecule has 1 saturated carbocycles. The predicted molar refractivity (Wildman–Crippen MR) is 67.7 cm³/mol. The molecule has 2 bridgehead atoms. The molecule has 3 heterocycles. The summed E-state index contributed by atoms with van der Waals surface area (Å²) < 4.78 is 2.26. The van der Waals surface area contributed by atoms with Gasteiger partial charge in [-0.05, 0) is 50.2 Å². The zero-order valence-electron chi connectivity index (χ0n) is 10.6. The van der Waals surface area contributed by atoms with E-state index in [0.717, 1.165) is 6.04 Å². The number of hydrogen-bond acceptors (Lipinski definition) is 1. The van der Waals surface area contributed by atoms with Crippen molar-refractivity contribution in [2.24, 2.45) is 12.5 Å². The van der Waals surface area contributed by atoms with E-state index in [2.05, 4.69) is 48.7 Å². The Labute approximate surface area is 98.2 Å². The van der Waals surface area contributed by atoms with Crippen molar-refractivity contribution in [1.29, 1.82) is 0 Å². The topological polar surface area (TPSA) is 8.17 Å². The maximum Gasteiger partial charge on any atom is 0.108 e. The summed E-state index contributed by atoms with van der Waals surface area (Å²) >= 11 is 0. The van der Waals surface area contributed by atoms with Crippen molar-refractivity contribution in [1.82, 2.24) is 4.57 Å². The molecule has 16 heavy (non-hydrogen) atoms. The number of rotatable bonds is 1. The molecular weight excluding hydrogens is 196 g/mol. The summed E-state index contributed by atoms with van der Waals surface area (Å²) in [4.78, 5) is 2.67. The number of hydrogen-bond donors (Lipinski definition) is 0. The summed E-state index contributed by atoms with van der Waals surface area (Å²) in [6.45, 7) is 4.89. The number of aromatic nitrogens is 1. The van der Waals surface area contributed by atoms with Crippen LogP contribution in [0.5, 0.6) is 0 Å². The fourth-order valence-corrected chi connectivity index (χ4v) is 3.72. The zero-order chi connectivity index (χ0) is 11.3.